The number of carbonyl (C=O) groups is 1. The van der Waals surface area contributed by atoms with Crippen LogP contribution in [0.3, 0.4) is 0 Å². The van der Waals surface area contributed by atoms with Gasteiger partial charge in [-0.3, -0.25) is 4.79 Å². The minimum absolute atomic E-state index is 0.191. The maximum atomic E-state index is 12.0. The molecule has 0 fully saturated rings. The Bertz CT molecular complexity index is 580. The number of aryl methyl sites for hydroxylation is 1. The van der Waals surface area contributed by atoms with Crippen molar-refractivity contribution in [1.29, 1.82) is 0 Å². The first-order chi connectivity index (χ1) is 8.61. The third kappa shape index (κ3) is 2.76. The molecule has 2 rings (SSSR count). The van der Waals surface area contributed by atoms with Gasteiger partial charge in [0, 0.05) is 16.0 Å². The van der Waals surface area contributed by atoms with Crippen LogP contribution >= 0.6 is 27.5 Å². The Morgan fingerprint density at radius 2 is 2.22 bits per heavy atom. The lowest BCUT2D eigenvalue weighted by molar-refractivity contribution is 0.102. The average molecular weight is 329 g/mol. The zero-order valence-electron chi connectivity index (χ0n) is 9.67. The largest absolute Gasteiger partial charge is 0.469 e. The molecule has 0 bridgehead atoms. The zero-order chi connectivity index (χ0) is 13.1. The van der Waals surface area contributed by atoms with Gasteiger partial charge in [0.1, 0.15) is 5.76 Å². The molecule has 0 spiro atoms. The fourth-order valence-corrected chi connectivity index (χ4v) is 2.38. The van der Waals surface area contributed by atoms with Crippen LogP contribution in [0.15, 0.2) is 34.9 Å². The molecule has 0 aliphatic rings. The highest BCUT2D eigenvalue weighted by Gasteiger charge is 2.12. The summed E-state index contributed by atoms with van der Waals surface area (Å²) in [4.78, 5) is 12.0. The Balaban J connectivity index is 2.20. The lowest BCUT2D eigenvalue weighted by Gasteiger charge is -2.07. The maximum Gasteiger partial charge on any atom is 0.259 e. The van der Waals surface area contributed by atoms with Crippen molar-refractivity contribution < 1.29 is 9.21 Å². The van der Waals surface area contributed by atoms with Crippen molar-refractivity contribution in [3.05, 3.63) is 52.4 Å². The predicted octanol–water partition coefficient (Wildman–Crippen LogP) is 4.39. The van der Waals surface area contributed by atoms with Crippen LogP contribution in [-0.4, -0.2) is 5.91 Å². The van der Waals surface area contributed by atoms with Gasteiger partial charge in [-0.2, -0.15) is 0 Å². The van der Waals surface area contributed by atoms with Crippen LogP contribution < -0.4 is 5.32 Å². The molecule has 0 unspecified atom stereocenters. The molecule has 94 valence electrons. The standard InChI is InChI=1S/C13H11BrClNO2/c1-8-11(4-5-18-8)13(17)16-10-2-3-12(15)9(6-10)7-14/h2-6H,7H2,1H3,(H,16,17). The number of furan rings is 1. The van der Waals surface area contributed by atoms with Crippen molar-refractivity contribution in [2.75, 3.05) is 5.32 Å². The summed E-state index contributed by atoms with van der Waals surface area (Å²) in [5.41, 5.74) is 2.17. The molecular weight excluding hydrogens is 318 g/mol. The number of halogens is 2. The molecule has 1 aromatic heterocycles. The summed E-state index contributed by atoms with van der Waals surface area (Å²) in [5, 5.41) is 4.12. The van der Waals surface area contributed by atoms with Crippen molar-refractivity contribution in [2.45, 2.75) is 12.3 Å². The second kappa shape index (κ2) is 5.59. The highest BCUT2D eigenvalue weighted by Crippen LogP contribution is 2.23. The van der Waals surface area contributed by atoms with Crippen molar-refractivity contribution in [3.8, 4) is 0 Å². The monoisotopic (exact) mass is 327 g/mol. The number of alkyl halides is 1. The van der Waals surface area contributed by atoms with Crippen molar-refractivity contribution >= 4 is 39.1 Å². The summed E-state index contributed by atoms with van der Waals surface area (Å²) in [5.74, 6) is 0.409. The topological polar surface area (TPSA) is 42.2 Å². The normalized spacial score (nSPS) is 10.4. The molecule has 3 nitrogen and oxygen atoms in total. The van der Waals surface area contributed by atoms with Gasteiger partial charge in [-0.15, -0.1) is 0 Å². The fourth-order valence-electron chi connectivity index (χ4n) is 1.57. The number of nitrogens with one attached hydrogen (secondary N) is 1. The number of rotatable bonds is 3. The van der Waals surface area contributed by atoms with Crippen LogP contribution in [0.25, 0.3) is 0 Å². The van der Waals surface area contributed by atoms with E-state index in [2.05, 4.69) is 21.2 Å². The number of amides is 1. The van der Waals surface area contributed by atoms with Gasteiger partial charge >= 0.3 is 0 Å². The number of anilines is 1. The molecule has 0 saturated carbocycles. The van der Waals surface area contributed by atoms with Crippen LogP contribution in [0.1, 0.15) is 21.7 Å². The van der Waals surface area contributed by atoms with Gasteiger partial charge in [-0.1, -0.05) is 27.5 Å². The molecule has 0 saturated heterocycles. The van der Waals surface area contributed by atoms with E-state index in [1.54, 1.807) is 25.1 Å². The maximum absolute atomic E-state index is 12.0. The summed E-state index contributed by atoms with van der Waals surface area (Å²) in [6, 6.07) is 7.01. The molecule has 1 heterocycles. The van der Waals surface area contributed by atoms with Gasteiger partial charge in [0.2, 0.25) is 0 Å². The van der Waals surface area contributed by atoms with Gasteiger partial charge in [-0.25, -0.2) is 0 Å². The van der Waals surface area contributed by atoms with E-state index in [-0.39, 0.29) is 5.91 Å². The number of hydrogen-bond acceptors (Lipinski definition) is 2. The summed E-state index contributed by atoms with van der Waals surface area (Å²) < 4.78 is 5.10. The van der Waals surface area contributed by atoms with E-state index >= 15 is 0 Å². The Hall–Kier alpha value is -1.26. The molecule has 0 atom stereocenters. The van der Waals surface area contributed by atoms with Crippen LogP contribution in [0.5, 0.6) is 0 Å². The average Bonchev–Trinajstić information content (AvgIpc) is 2.78. The molecule has 0 aliphatic carbocycles. The number of hydrogen-bond donors (Lipinski definition) is 1. The Morgan fingerprint density at radius 3 is 2.83 bits per heavy atom. The molecule has 1 N–H and O–H groups in total. The highest BCUT2D eigenvalue weighted by atomic mass is 79.9. The summed E-state index contributed by atoms with van der Waals surface area (Å²) in [6.45, 7) is 1.75. The van der Waals surface area contributed by atoms with Crippen LogP contribution in [0.2, 0.25) is 5.02 Å². The van der Waals surface area contributed by atoms with Crippen LogP contribution in [0.4, 0.5) is 5.69 Å². The van der Waals surface area contributed by atoms with Gasteiger partial charge < -0.3 is 9.73 Å². The first-order valence-corrected chi connectivity index (χ1v) is 6.81. The lowest BCUT2D eigenvalue weighted by atomic mass is 10.2. The van der Waals surface area contributed by atoms with E-state index in [1.165, 1.54) is 6.26 Å². The Labute approximate surface area is 118 Å². The molecule has 1 aromatic carbocycles. The lowest BCUT2D eigenvalue weighted by Crippen LogP contribution is -2.12. The molecule has 18 heavy (non-hydrogen) atoms. The van der Waals surface area contributed by atoms with Gasteiger partial charge in [-0.05, 0) is 36.8 Å². The number of carbonyl (C=O) groups excluding carboxylic acids is 1. The quantitative estimate of drug-likeness (QED) is 0.849. The predicted molar refractivity (Wildman–Crippen MR) is 75.5 cm³/mol. The third-order valence-electron chi connectivity index (χ3n) is 2.55. The van der Waals surface area contributed by atoms with E-state index in [4.69, 9.17) is 16.0 Å². The number of benzene rings is 1. The van der Waals surface area contributed by atoms with Crippen LogP contribution in [0, 0.1) is 6.92 Å². The van der Waals surface area contributed by atoms with Crippen LogP contribution in [-0.2, 0) is 5.33 Å². The van der Waals surface area contributed by atoms with E-state index in [1.807, 2.05) is 6.07 Å². The summed E-state index contributed by atoms with van der Waals surface area (Å²) >= 11 is 9.35. The molecule has 2 aromatic rings. The molecule has 5 heteroatoms. The highest BCUT2D eigenvalue weighted by molar-refractivity contribution is 9.08. The molecule has 0 radical (unpaired) electrons. The van der Waals surface area contributed by atoms with E-state index in [0.717, 1.165) is 5.56 Å². The fraction of sp³-hybridized carbons (Fsp3) is 0.154. The first kappa shape index (κ1) is 13.2. The molecule has 1 amide bonds. The Morgan fingerprint density at radius 1 is 1.44 bits per heavy atom. The third-order valence-corrected chi connectivity index (χ3v) is 3.52. The van der Waals surface area contributed by atoms with Gasteiger partial charge in [0.05, 0.1) is 11.8 Å². The smallest absolute Gasteiger partial charge is 0.259 e. The molecular formula is C13H11BrClNO2. The first-order valence-electron chi connectivity index (χ1n) is 5.31. The Kier molecular flexibility index (Phi) is 4.09. The van der Waals surface area contributed by atoms with Crippen molar-refractivity contribution in [2.24, 2.45) is 0 Å². The second-order valence-electron chi connectivity index (χ2n) is 3.78. The van der Waals surface area contributed by atoms with Gasteiger partial charge in [0.25, 0.3) is 5.91 Å². The van der Waals surface area contributed by atoms with Gasteiger partial charge in [0.15, 0.2) is 0 Å². The minimum Gasteiger partial charge on any atom is -0.469 e. The minimum atomic E-state index is -0.191. The summed E-state index contributed by atoms with van der Waals surface area (Å²) in [6.07, 6.45) is 1.50. The molecule has 0 aliphatic heterocycles. The second-order valence-corrected chi connectivity index (χ2v) is 4.75. The zero-order valence-corrected chi connectivity index (χ0v) is 12.0. The SMILES string of the molecule is Cc1occc1C(=O)Nc1ccc(Cl)c(CBr)c1. The van der Waals surface area contributed by atoms with Crippen molar-refractivity contribution in [3.63, 3.8) is 0 Å². The van der Waals surface area contributed by atoms with Crippen molar-refractivity contribution in [1.82, 2.24) is 0 Å². The summed E-state index contributed by atoms with van der Waals surface area (Å²) in [7, 11) is 0. The van der Waals surface area contributed by atoms with E-state index in [0.29, 0.717) is 27.4 Å². The van der Waals surface area contributed by atoms with E-state index in [9.17, 15) is 4.79 Å². The van der Waals surface area contributed by atoms with E-state index < -0.39 is 0 Å².